The zero-order chi connectivity index (χ0) is 33.4. The summed E-state index contributed by atoms with van der Waals surface area (Å²) in [5.74, 6) is -1.53. The van der Waals surface area contributed by atoms with E-state index in [1.165, 1.54) is 134 Å². The summed E-state index contributed by atoms with van der Waals surface area (Å²) in [5.41, 5.74) is 0. The minimum atomic E-state index is -4.43. The molecule has 8 heteroatoms. The van der Waals surface area contributed by atoms with E-state index in [2.05, 4.69) is 19.2 Å². The highest BCUT2D eigenvalue weighted by Gasteiger charge is 2.27. The van der Waals surface area contributed by atoms with Crippen molar-refractivity contribution in [3.8, 4) is 0 Å². The van der Waals surface area contributed by atoms with Gasteiger partial charge >= 0.3 is 0 Å². The van der Waals surface area contributed by atoms with E-state index in [1.54, 1.807) is 6.08 Å². The van der Waals surface area contributed by atoms with Crippen LogP contribution in [0, 0.1) is 0 Å². The van der Waals surface area contributed by atoms with Crippen LogP contribution in [0.15, 0.2) is 12.2 Å². The van der Waals surface area contributed by atoms with Crippen molar-refractivity contribution < 1.29 is 28.0 Å². The van der Waals surface area contributed by atoms with E-state index in [4.69, 9.17) is 0 Å². The average molecular weight is 660 g/mol. The lowest BCUT2D eigenvalue weighted by Crippen LogP contribution is -2.50. The summed E-state index contributed by atoms with van der Waals surface area (Å²) in [6.45, 7) is 4.47. The van der Waals surface area contributed by atoms with Crippen molar-refractivity contribution in [2.75, 3.05) is 5.75 Å². The van der Waals surface area contributed by atoms with E-state index in [9.17, 15) is 28.0 Å². The quantitative estimate of drug-likeness (QED) is 0.0310. The second kappa shape index (κ2) is 31.6. The van der Waals surface area contributed by atoms with E-state index >= 15 is 0 Å². The lowest BCUT2D eigenvalue weighted by atomic mass is 10.0. The molecule has 0 aromatic heterocycles. The van der Waals surface area contributed by atoms with Crippen LogP contribution in [0.2, 0.25) is 0 Å². The Labute approximate surface area is 278 Å². The highest BCUT2D eigenvalue weighted by molar-refractivity contribution is 7.85. The van der Waals surface area contributed by atoms with Gasteiger partial charge in [0.25, 0.3) is 10.1 Å². The minimum Gasteiger partial charge on any atom is -0.387 e. The van der Waals surface area contributed by atoms with Crippen LogP contribution in [0.4, 0.5) is 0 Å². The first-order chi connectivity index (χ1) is 21.7. The molecule has 268 valence electrons. The summed E-state index contributed by atoms with van der Waals surface area (Å²) >= 11 is 0. The third kappa shape index (κ3) is 31.4. The third-order valence-electron chi connectivity index (χ3n) is 8.82. The van der Waals surface area contributed by atoms with Crippen LogP contribution in [0.5, 0.6) is 0 Å². The molecule has 1 amide bonds. The molecule has 0 aliphatic carbocycles. The Morgan fingerprint density at radius 2 is 0.956 bits per heavy atom. The van der Waals surface area contributed by atoms with Gasteiger partial charge in [-0.2, -0.15) is 8.42 Å². The maximum Gasteiger partial charge on any atom is 0.267 e. The van der Waals surface area contributed by atoms with Gasteiger partial charge in [0.05, 0.1) is 17.9 Å². The molecular weight excluding hydrogens is 586 g/mol. The van der Waals surface area contributed by atoms with Gasteiger partial charge < -0.3 is 15.5 Å². The van der Waals surface area contributed by atoms with Gasteiger partial charge in [-0.1, -0.05) is 187 Å². The highest BCUT2D eigenvalue weighted by Crippen LogP contribution is 2.15. The molecule has 0 saturated carbocycles. The van der Waals surface area contributed by atoms with Gasteiger partial charge in [0.2, 0.25) is 5.91 Å². The Morgan fingerprint density at radius 1 is 0.600 bits per heavy atom. The normalized spacial score (nSPS) is 14.2. The van der Waals surface area contributed by atoms with Crippen molar-refractivity contribution in [2.24, 2.45) is 0 Å². The fourth-order valence-electron chi connectivity index (χ4n) is 5.87. The molecule has 0 aromatic carbocycles. The molecule has 0 bridgehead atoms. The summed E-state index contributed by atoms with van der Waals surface area (Å²) < 4.78 is 32.3. The summed E-state index contributed by atoms with van der Waals surface area (Å²) in [6.07, 6.45) is 34.2. The first kappa shape index (κ1) is 44.0. The number of unbranched alkanes of at least 4 members (excludes halogenated alkanes) is 25. The van der Waals surface area contributed by atoms with Crippen molar-refractivity contribution in [3.05, 3.63) is 12.2 Å². The largest absolute Gasteiger partial charge is 0.387 e. The summed E-state index contributed by atoms with van der Waals surface area (Å²) in [4.78, 5) is 12.5. The van der Waals surface area contributed by atoms with Crippen molar-refractivity contribution in [1.29, 1.82) is 0 Å². The standard InChI is InChI=1S/C37H73NO6S/c1-3-5-7-9-11-13-15-16-17-18-19-20-21-22-24-26-28-30-32-36(40)37(41)38-34(33-45(42,43)44)35(39)31-29-27-25-23-14-12-10-8-6-4-2/h29,31,34-36,39-40H,3-28,30,32-33H2,1-2H3,(H,38,41)(H,42,43,44)/b31-29+. The smallest absolute Gasteiger partial charge is 0.267 e. The number of nitrogens with one attached hydrogen (secondary N) is 1. The number of carbonyl (C=O) groups excluding carboxylic acids is 1. The number of carbonyl (C=O) groups is 1. The number of aliphatic hydroxyl groups excluding tert-OH is 2. The van der Waals surface area contributed by atoms with Crippen LogP contribution >= 0.6 is 0 Å². The molecule has 45 heavy (non-hydrogen) atoms. The first-order valence-corrected chi connectivity index (χ1v) is 20.6. The molecule has 0 radical (unpaired) electrons. The lowest BCUT2D eigenvalue weighted by Gasteiger charge is -2.22. The second-order valence-electron chi connectivity index (χ2n) is 13.4. The molecule has 0 rings (SSSR count). The van der Waals surface area contributed by atoms with Gasteiger partial charge in [0, 0.05) is 0 Å². The van der Waals surface area contributed by atoms with Gasteiger partial charge in [0.1, 0.15) is 6.10 Å². The van der Waals surface area contributed by atoms with E-state index in [-0.39, 0.29) is 6.42 Å². The first-order valence-electron chi connectivity index (χ1n) is 19.0. The van der Waals surface area contributed by atoms with Crippen LogP contribution in [0.25, 0.3) is 0 Å². The Bertz CT molecular complexity index is 788. The Balaban J connectivity index is 3.99. The van der Waals surface area contributed by atoms with Gasteiger partial charge in [0.15, 0.2) is 0 Å². The summed E-state index contributed by atoms with van der Waals surface area (Å²) in [6, 6.07) is -1.22. The van der Waals surface area contributed by atoms with E-state index in [0.717, 1.165) is 38.5 Å². The third-order valence-corrected chi connectivity index (χ3v) is 9.60. The minimum absolute atomic E-state index is 0.285. The number of amides is 1. The van der Waals surface area contributed by atoms with Crippen molar-refractivity contribution in [1.82, 2.24) is 5.32 Å². The summed E-state index contributed by atoms with van der Waals surface area (Å²) in [7, 11) is -4.43. The maximum atomic E-state index is 12.5. The van der Waals surface area contributed by atoms with Crippen molar-refractivity contribution in [2.45, 2.75) is 212 Å². The number of allylic oxidation sites excluding steroid dienone is 1. The highest BCUT2D eigenvalue weighted by atomic mass is 32.2. The van der Waals surface area contributed by atoms with Crippen LogP contribution in [0.3, 0.4) is 0 Å². The summed E-state index contributed by atoms with van der Waals surface area (Å²) in [5, 5.41) is 23.3. The predicted molar refractivity (Wildman–Crippen MR) is 190 cm³/mol. The molecule has 0 spiro atoms. The van der Waals surface area contributed by atoms with Crippen LogP contribution in [-0.2, 0) is 14.9 Å². The molecule has 0 aliphatic heterocycles. The Hall–Kier alpha value is -0.960. The fraction of sp³-hybridized carbons (Fsp3) is 0.919. The molecule has 7 nitrogen and oxygen atoms in total. The average Bonchev–Trinajstić information content (AvgIpc) is 3.00. The number of hydrogen-bond donors (Lipinski definition) is 4. The monoisotopic (exact) mass is 660 g/mol. The molecule has 0 aliphatic rings. The maximum absolute atomic E-state index is 12.5. The zero-order valence-corrected chi connectivity index (χ0v) is 30.2. The molecule has 0 aromatic rings. The van der Waals surface area contributed by atoms with Crippen molar-refractivity contribution in [3.63, 3.8) is 0 Å². The predicted octanol–water partition coefficient (Wildman–Crippen LogP) is 9.60. The lowest BCUT2D eigenvalue weighted by molar-refractivity contribution is -0.130. The van der Waals surface area contributed by atoms with Crippen LogP contribution in [0.1, 0.15) is 194 Å². The Kier molecular flexibility index (Phi) is 31.0. The number of aliphatic hydroxyl groups is 2. The molecule has 0 saturated heterocycles. The van der Waals surface area contributed by atoms with Crippen LogP contribution in [-0.4, -0.2) is 53.1 Å². The van der Waals surface area contributed by atoms with Crippen molar-refractivity contribution >= 4 is 16.0 Å². The van der Waals surface area contributed by atoms with E-state index in [0.29, 0.717) is 6.42 Å². The number of rotatable bonds is 34. The van der Waals surface area contributed by atoms with Gasteiger partial charge in [-0.25, -0.2) is 0 Å². The van der Waals surface area contributed by atoms with Gasteiger partial charge in [-0.15, -0.1) is 0 Å². The van der Waals surface area contributed by atoms with E-state index in [1.807, 2.05) is 0 Å². The fourth-order valence-corrected chi connectivity index (χ4v) is 6.60. The molecule has 3 atom stereocenters. The Morgan fingerprint density at radius 3 is 1.33 bits per heavy atom. The molecule has 0 heterocycles. The molecular formula is C37H73NO6S. The van der Waals surface area contributed by atoms with Crippen LogP contribution < -0.4 is 5.32 Å². The zero-order valence-electron chi connectivity index (χ0n) is 29.4. The topological polar surface area (TPSA) is 124 Å². The second-order valence-corrected chi connectivity index (χ2v) is 14.9. The molecule has 0 fully saturated rings. The molecule has 3 unspecified atom stereocenters. The van der Waals surface area contributed by atoms with E-state index < -0.39 is 40.0 Å². The van der Waals surface area contributed by atoms with Gasteiger partial charge in [-0.3, -0.25) is 9.35 Å². The molecule has 4 N–H and O–H groups in total. The SMILES string of the molecule is CCCCCCCCCC/C=C/C(O)C(CS(=O)(=O)O)NC(=O)C(O)CCCCCCCCCCCCCCCCCCCC. The van der Waals surface area contributed by atoms with Gasteiger partial charge in [-0.05, 0) is 19.3 Å². The number of hydrogen-bond acceptors (Lipinski definition) is 5.